The number of fused-ring (bicyclic) bond motifs is 1. The second kappa shape index (κ2) is 11.5. The third-order valence-electron chi connectivity index (χ3n) is 5.20. The SMILES string of the molecule is NCC(Cn1ncn(Cc2ccc(-c3ccc4c(c3)C(=O)NCC4)s2)c1=O)=C(F)F.O=C(O)C(F)(F)F. The van der Waals surface area contributed by atoms with E-state index in [1.54, 1.807) is 0 Å². The molecular formula is C22H20F5N5O4S. The lowest BCUT2D eigenvalue weighted by molar-refractivity contribution is -0.192. The fourth-order valence-corrected chi connectivity index (χ4v) is 4.32. The van der Waals surface area contributed by atoms with E-state index in [-0.39, 0.29) is 31.1 Å². The number of hydrogen-bond acceptors (Lipinski definition) is 6. The van der Waals surface area contributed by atoms with Gasteiger partial charge in [0.25, 0.3) is 12.0 Å². The fourth-order valence-electron chi connectivity index (χ4n) is 3.32. The lowest BCUT2D eigenvalue weighted by Crippen LogP contribution is -2.31. The van der Waals surface area contributed by atoms with Crippen LogP contribution in [0.4, 0.5) is 22.0 Å². The maximum Gasteiger partial charge on any atom is 0.490 e. The van der Waals surface area contributed by atoms with Gasteiger partial charge in [0.15, 0.2) is 0 Å². The number of rotatable bonds is 6. The van der Waals surface area contributed by atoms with Crippen LogP contribution in [0, 0.1) is 0 Å². The normalized spacial score (nSPS) is 12.8. The van der Waals surface area contributed by atoms with Gasteiger partial charge < -0.3 is 16.2 Å². The highest BCUT2D eigenvalue weighted by atomic mass is 32.1. The number of carbonyl (C=O) groups is 2. The molecule has 1 aromatic carbocycles. The second-order valence-electron chi connectivity index (χ2n) is 7.71. The Hall–Kier alpha value is -3.85. The molecule has 4 rings (SSSR count). The molecule has 0 bridgehead atoms. The maximum absolute atomic E-state index is 12.8. The molecule has 15 heteroatoms. The molecule has 1 aliphatic heterocycles. The van der Waals surface area contributed by atoms with Gasteiger partial charge in [-0.3, -0.25) is 9.36 Å². The zero-order valence-corrected chi connectivity index (χ0v) is 19.7. The molecule has 0 atom stereocenters. The van der Waals surface area contributed by atoms with E-state index in [2.05, 4.69) is 10.4 Å². The van der Waals surface area contributed by atoms with E-state index in [0.717, 1.165) is 32.0 Å². The highest BCUT2D eigenvalue weighted by Gasteiger charge is 2.38. The first-order valence-electron chi connectivity index (χ1n) is 10.6. The van der Waals surface area contributed by atoms with Crippen molar-refractivity contribution in [2.75, 3.05) is 13.1 Å². The van der Waals surface area contributed by atoms with E-state index >= 15 is 0 Å². The van der Waals surface area contributed by atoms with Crippen molar-refractivity contribution in [3.05, 3.63) is 74.8 Å². The van der Waals surface area contributed by atoms with Crippen LogP contribution in [-0.4, -0.2) is 50.6 Å². The van der Waals surface area contributed by atoms with Crippen LogP contribution in [0.25, 0.3) is 10.4 Å². The number of amides is 1. The zero-order chi connectivity index (χ0) is 27.3. The largest absolute Gasteiger partial charge is 0.490 e. The Bertz CT molecular complexity index is 1390. The number of aromatic nitrogens is 3. The Morgan fingerprint density at radius 2 is 1.89 bits per heavy atom. The number of nitrogens with two attached hydrogens (primary N) is 1. The summed E-state index contributed by atoms with van der Waals surface area (Å²) in [6.45, 7) is 0.248. The Morgan fingerprint density at radius 3 is 2.51 bits per heavy atom. The first kappa shape index (κ1) is 27.7. The number of alkyl halides is 3. The van der Waals surface area contributed by atoms with Crippen LogP contribution in [0.15, 0.2) is 53.1 Å². The average Bonchev–Trinajstić information content (AvgIpc) is 3.44. The van der Waals surface area contributed by atoms with Gasteiger partial charge in [-0.2, -0.15) is 27.1 Å². The number of carboxylic acid groups (broad SMARTS) is 1. The third-order valence-corrected chi connectivity index (χ3v) is 6.32. The minimum absolute atomic E-state index is 0.0653. The van der Waals surface area contributed by atoms with E-state index in [9.17, 15) is 31.5 Å². The van der Waals surface area contributed by atoms with Gasteiger partial charge in [0, 0.05) is 34.0 Å². The van der Waals surface area contributed by atoms with Gasteiger partial charge in [0.05, 0.1) is 13.1 Å². The van der Waals surface area contributed by atoms with Crippen LogP contribution in [0.3, 0.4) is 0 Å². The summed E-state index contributed by atoms with van der Waals surface area (Å²) in [6.07, 6.45) is -4.83. The molecule has 9 nitrogen and oxygen atoms in total. The molecule has 0 spiro atoms. The molecule has 3 heterocycles. The van der Waals surface area contributed by atoms with E-state index in [1.165, 1.54) is 22.2 Å². The van der Waals surface area contributed by atoms with Crippen LogP contribution >= 0.6 is 11.3 Å². The number of aliphatic carboxylic acids is 1. The van der Waals surface area contributed by atoms with E-state index in [4.69, 9.17) is 15.6 Å². The molecule has 0 saturated carbocycles. The van der Waals surface area contributed by atoms with Crippen molar-refractivity contribution >= 4 is 23.2 Å². The van der Waals surface area contributed by atoms with Crippen LogP contribution in [0.2, 0.25) is 0 Å². The van der Waals surface area contributed by atoms with Crippen molar-refractivity contribution in [2.45, 2.75) is 25.7 Å². The molecule has 2 aromatic heterocycles. The van der Waals surface area contributed by atoms with E-state index < -0.39 is 23.9 Å². The summed E-state index contributed by atoms with van der Waals surface area (Å²) in [5, 5.41) is 13.9. The predicted octanol–water partition coefficient (Wildman–Crippen LogP) is 2.85. The standard InChI is InChI=1S/C20H19F2N5O2S.C2HF3O2/c21-18(22)14(8-23)9-27-20(29)26(11-25-27)10-15-3-4-17(30-15)13-2-1-12-5-6-24-19(28)16(12)7-13;3-2(4,5)1(6)7/h1-4,7,11H,5-6,8-10,23H2,(H,24,28);(H,6,7). The average molecular weight is 545 g/mol. The first-order chi connectivity index (χ1) is 17.4. The lowest BCUT2D eigenvalue weighted by Gasteiger charge is -2.16. The molecule has 1 aliphatic rings. The molecule has 0 aliphatic carbocycles. The molecule has 4 N–H and O–H groups in total. The maximum atomic E-state index is 12.8. The molecule has 0 fully saturated rings. The number of nitrogens with zero attached hydrogens (tertiary/aromatic N) is 3. The number of benzene rings is 1. The Balaban J connectivity index is 0.000000479. The van der Waals surface area contributed by atoms with Crippen molar-refractivity contribution in [1.82, 2.24) is 19.7 Å². The molecular weight excluding hydrogens is 525 g/mol. The summed E-state index contributed by atoms with van der Waals surface area (Å²) in [7, 11) is 0. The monoisotopic (exact) mass is 545 g/mol. The fraction of sp³-hybridized carbons (Fsp3) is 0.273. The summed E-state index contributed by atoms with van der Waals surface area (Å²) >= 11 is 1.50. The van der Waals surface area contributed by atoms with Gasteiger partial charge >= 0.3 is 17.8 Å². The number of carbonyl (C=O) groups excluding carboxylic acids is 1. The molecule has 3 aromatic rings. The second-order valence-corrected chi connectivity index (χ2v) is 8.88. The van der Waals surface area contributed by atoms with Gasteiger partial charge in [-0.15, -0.1) is 11.3 Å². The van der Waals surface area contributed by atoms with Crippen molar-refractivity contribution < 1.29 is 36.6 Å². The summed E-state index contributed by atoms with van der Waals surface area (Å²) in [4.78, 5) is 35.3. The molecule has 0 radical (unpaired) electrons. The van der Waals surface area contributed by atoms with Crippen molar-refractivity contribution in [3.63, 3.8) is 0 Å². The summed E-state index contributed by atoms with van der Waals surface area (Å²) in [5.74, 6) is -2.82. The van der Waals surface area contributed by atoms with Crippen molar-refractivity contribution in [3.8, 4) is 10.4 Å². The van der Waals surface area contributed by atoms with E-state index in [0.29, 0.717) is 12.1 Å². The van der Waals surface area contributed by atoms with Crippen LogP contribution in [0.5, 0.6) is 0 Å². The Kier molecular flexibility index (Phi) is 8.60. The van der Waals surface area contributed by atoms with Gasteiger partial charge in [0.2, 0.25) is 0 Å². The molecule has 0 unspecified atom stereocenters. The predicted molar refractivity (Wildman–Crippen MR) is 123 cm³/mol. The summed E-state index contributed by atoms with van der Waals surface area (Å²) < 4.78 is 59.6. The highest BCUT2D eigenvalue weighted by Crippen LogP contribution is 2.30. The topological polar surface area (TPSA) is 132 Å². The minimum Gasteiger partial charge on any atom is -0.475 e. The smallest absolute Gasteiger partial charge is 0.475 e. The minimum atomic E-state index is -5.08. The lowest BCUT2D eigenvalue weighted by atomic mass is 9.97. The Morgan fingerprint density at radius 1 is 1.19 bits per heavy atom. The zero-order valence-electron chi connectivity index (χ0n) is 18.9. The van der Waals surface area contributed by atoms with Crippen molar-refractivity contribution in [2.24, 2.45) is 5.73 Å². The summed E-state index contributed by atoms with van der Waals surface area (Å²) in [5.41, 5.74) is 7.15. The van der Waals surface area contributed by atoms with Gasteiger partial charge in [0.1, 0.15) is 6.33 Å². The molecule has 37 heavy (non-hydrogen) atoms. The number of carboxylic acids is 1. The van der Waals surface area contributed by atoms with Gasteiger partial charge in [-0.05, 0) is 35.7 Å². The molecule has 198 valence electrons. The first-order valence-corrected chi connectivity index (χ1v) is 11.4. The van der Waals surface area contributed by atoms with Gasteiger partial charge in [-0.1, -0.05) is 12.1 Å². The number of nitrogens with one attached hydrogen (secondary N) is 1. The molecule has 1 amide bonds. The molecule has 0 saturated heterocycles. The third kappa shape index (κ3) is 6.89. The highest BCUT2D eigenvalue weighted by molar-refractivity contribution is 7.15. The van der Waals surface area contributed by atoms with Crippen LogP contribution < -0.4 is 16.7 Å². The van der Waals surface area contributed by atoms with Gasteiger partial charge in [-0.25, -0.2) is 14.3 Å². The number of halogens is 5. The quantitative estimate of drug-likeness (QED) is 0.408. The number of hydrogen-bond donors (Lipinski definition) is 3. The van der Waals surface area contributed by atoms with Crippen LogP contribution in [0.1, 0.15) is 20.8 Å². The Labute approximate surface area is 209 Å². The number of thiophene rings is 1. The van der Waals surface area contributed by atoms with Crippen LogP contribution in [-0.2, 0) is 24.3 Å². The summed E-state index contributed by atoms with van der Waals surface area (Å²) in [6, 6.07) is 9.69. The van der Waals surface area contributed by atoms with E-state index in [1.807, 2.05) is 30.3 Å². The van der Waals surface area contributed by atoms with Crippen molar-refractivity contribution in [1.29, 1.82) is 0 Å².